The van der Waals surface area contributed by atoms with Gasteiger partial charge in [-0.05, 0) is 136 Å². The van der Waals surface area contributed by atoms with Gasteiger partial charge >= 0.3 is 17.9 Å². The van der Waals surface area contributed by atoms with Crippen LogP contribution in [0.4, 0.5) is 0 Å². The third-order valence-electron chi connectivity index (χ3n) is 15.7. The lowest BCUT2D eigenvalue weighted by molar-refractivity contribution is -0.187. The molecule has 0 aliphatic heterocycles. The van der Waals surface area contributed by atoms with Gasteiger partial charge in [-0.1, -0.05) is 215 Å². The summed E-state index contributed by atoms with van der Waals surface area (Å²) in [6.07, 6.45) is 0.923. The Labute approximate surface area is 511 Å². The van der Waals surface area contributed by atoms with Gasteiger partial charge < -0.3 is 39.4 Å². The summed E-state index contributed by atoms with van der Waals surface area (Å²) < 4.78 is 24.7. The lowest BCUT2D eigenvalue weighted by Gasteiger charge is -2.32. The van der Waals surface area contributed by atoms with Crippen LogP contribution in [0.15, 0.2) is 48.5 Å². The number of Topliss-reactive ketones (excluding diaryl/α,β-unsaturated/α-hetero) is 1. The Hall–Kier alpha value is -5.88. The van der Waals surface area contributed by atoms with Crippen LogP contribution in [0.5, 0.6) is 23.0 Å². The minimum Gasteiger partial charge on any atom is -0.507 e. The molecule has 0 unspecified atom stereocenters. The number of phenols is 4. The number of hydrogen-bond donors (Lipinski definition) is 4. The standard InChI is InChI=1S/C73H108O12/c1-65(2,3)50-33-45(34-51(61(50)78)66(4,5)6)25-29-49(74)41-85-73(42-82-58(75)30-26-46-35-52(67(7,8)9)62(79)53(36-46)68(10,11)12,43-83-59(76)31-27-47-37-54(69(13,14)15)63(80)55(38-47)70(16,17)18)44-84-60(77)32-28-48-39-56(71(19,20)21)64(81)57(40-48)72(22,23)24/h33-40,78-81H,25-32,41-44H2,1-24H3. The lowest BCUT2D eigenvalue weighted by atomic mass is 9.78. The van der Waals surface area contributed by atoms with Gasteiger partial charge in [0.25, 0.3) is 0 Å². The van der Waals surface area contributed by atoms with Crippen LogP contribution in [0.3, 0.4) is 0 Å². The molecule has 4 rings (SSSR count). The molecule has 4 aromatic carbocycles. The zero-order valence-corrected chi connectivity index (χ0v) is 56.7. The summed E-state index contributed by atoms with van der Waals surface area (Å²) in [4.78, 5) is 56.4. The minimum absolute atomic E-state index is 0.0343. The van der Waals surface area contributed by atoms with Crippen molar-refractivity contribution < 1.29 is 58.6 Å². The molecule has 0 aliphatic rings. The highest BCUT2D eigenvalue weighted by atomic mass is 16.6. The zero-order chi connectivity index (χ0) is 65.0. The first kappa shape index (κ1) is 71.6. The van der Waals surface area contributed by atoms with E-state index in [-0.39, 0.29) is 73.7 Å². The van der Waals surface area contributed by atoms with Crippen molar-refractivity contribution in [2.24, 2.45) is 0 Å². The largest absolute Gasteiger partial charge is 0.507 e. The molecule has 0 aliphatic carbocycles. The Morgan fingerprint density at radius 2 is 0.482 bits per heavy atom. The summed E-state index contributed by atoms with van der Waals surface area (Å²) in [5, 5.41) is 45.7. The topological polar surface area (TPSA) is 186 Å². The van der Waals surface area contributed by atoms with Crippen LogP contribution in [0.25, 0.3) is 0 Å². The van der Waals surface area contributed by atoms with Crippen molar-refractivity contribution in [3.63, 3.8) is 0 Å². The molecule has 0 heterocycles. The van der Waals surface area contributed by atoms with Crippen molar-refractivity contribution in [3.8, 4) is 23.0 Å². The number of hydrogen-bond acceptors (Lipinski definition) is 12. The SMILES string of the molecule is CC(C)(C)c1cc(CCC(=O)COC(COC(=O)CCc2cc(C(C)(C)C)c(O)c(C(C)(C)C)c2)(COC(=O)CCc2cc(C(C)(C)C)c(O)c(C(C)(C)C)c2)COC(=O)CCc2cc(C(C)(C)C)c(O)c(C(C)(C)C)c2)cc(C(C)(C)C)c1O. The van der Waals surface area contributed by atoms with Crippen molar-refractivity contribution in [3.05, 3.63) is 115 Å². The first-order valence-corrected chi connectivity index (χ1v) is 30.5. The number of phenolic OH excluding ortho intramolecular Hbond substituents is 4. The molecule has 0 radical (unpaired) electrons. The van der Waals surface area contributed by atoms with E-state index in [1.54, 1.807) is 0 Å². The molecule has 472 valence electrons. The van der Waals surface area contributed by atoms with Crippen LogP contribution < -0.4 is 0 Å². The number of aryl methyl sites for hydroxylation is 4. The lowest BCUT2D eigenvalue weighted by Crippen LogP contribution is -2.49. The molecular weight excluding hydrogens is 1070 g/mol. The third kappa shape index (κ3) is 20.1. The highest BCUT2D eigenvalue weighted by Crippen LogP contribution is 2.44. The van der Waals surface area contributed by atoms with Gasteiger partial charge in [-0.25, -0.2) is 0 Å². The maximum Gasteiger partial charge on any atom is 0.306 e. The summed E-state index contributed by atoms with van der Waals surface area (Å²) in [5.74, 6) is -1.29. The molecule has 0 spiro atoms. The predicted molar refractivity (Wildman–Crippen MR) is 342 cm³/mol. The van der Waals surface area contributed by atoms with Crippen molar-refractivity contribution in [2.75, 3.05) is 26.4 Å². The van der Waals surface area contributed by atoms with Gasteiger partial charge in [-0.15, -0.1) is 0 Å². The summed E-state index contributed by atoms with van der Waals surface area (Å²) in [7, 11) is 0. The second-order valence-corrected chi connectivity index (χ2v) is 32.2. The molecule has 0 bridgehead atoms. The fourth-order valence-corrected chi connectivity index (χ4v) is 10.4. The summed E-state index contributed by atoms with van der Waals surface area (Å²) >= 11 is 0. The Morgan fingerprint density at radius 1 is 0.306 bits per heavy atom. The van der Waals surface area contributed by atoms with Gasteiger partial charge in [-0.2, -0.15) is 0 Å². The molecule has 0 atom stereocenters. The second-order valence-electron chi connectivity index (χ2n) is 32.2. The first-order chi connectivity index (χ1) is 38.4. The predicted octanol–water partition coefficient (Wildman–Crippen LogP) is 15.7. The van der Waals surface area contributed by atoms with E-state index in [4.69, 9.17) is 18.9 Å². The Morgan fingerprint density at radius 3 is 0.659 bits per heavy atom. The molecule has 12 nitrogen and oxygen atoms in total. The number of carbonyl (C=O) groups is 4. The van der Waals surface area contributed by atoms with E-state index in [0.717, 1.165) is 66.8 Å². The molecule has 0 saturated carbocycles. The van der Waals surface area contributed by atoms with Crippen LogP contribution in [0.1, 0.15) is 259 Å². The fraction of sp³-hybridized carbons (Fsp3) is 0.616. The maximum absolute atomic E-state index is 14.2. The number of aromatic hydroxyl groups is 4. The molecule has 12 heteroatoms. The van der Waals surface area contributed by atoms with Gasteiger partial charge in [-0.3, -0.25) is 19.2 Å². The maximum atomic E-state index is 14.2. The minimum atomic E-state index is -1.86. The van der Waals surface area contributed by atoms with Gasteiger partial charge in [0.2, 0.25) is 0 Å². The summed E-state index contributed by atoms with van der Waals surface area (Å²) in [5.41, 5.74) is 4.34. The Bertz CT molecular complexity index is 2470. The van der Waals surface area contributed by atoms with E-state index < -0.39 is 93.3 Å². The van der Waals surface area contributed by atoms with Crippen LogP contribution in [-0.2, 0) is 107 Å². The molecule has 0 fully saturated rings. The van der Waals surface area contributed by atoms with E-state index >= 15 is 0 Å². The number of benzene rings is 4. The average molecular weight is 1180 g/mol. The number of rotatable bonds is 21. The highest BCUT2D eigenvalue weighted by molar-refractivity contribution is 5.80. The van der Waals surface area contributed by atoms with E-state index in [1.807, 2.05) is 215 Å². The molecule has 0 saturated heterocycles. The molecule has 0 aromatic heterocycles. The van der Waals surface area contributed by atoms with Crippen LogP contribution in [-0.4, -0.2) is 76.1 Å². The number of ether oxygens (including phenoxy) is 4. The van der Waals surface area contributed by atoms with E-state index in [0.29, 0.717) is 6.42 Å². The smallest absolute Gasteiger partial charge is 0.306 e. The number of esters is 3. The van der Waals surface area contributed by atoms with Crippen molar-refractivity contribution in [1.29, 1.82) is 0 Å². The quantitative estimate of drug-likeness (QED) is 0.0458. The number of ketones is 1. The van der Waals surface area contributed by atoms with Crippen molar-refractivity contribution in [2.45, 2.75) is 266 Å². The zero-order valence-electron chi connectivity index (χ0n) is 56.7. The second kappa shape index (κ2) is 26.6. The monoisotopic (exact) mass is 1180 g/mol. The van der Waals surface area contributed by atoms with Crippen LogP contribution in [0, 0.1) is 0 Å². The van der Waals surface area contributed by atoms with Gasteiger partial charge in [0.1, 0.15) is 49.4 Å². The molecule has 0 amide bonds. The normalized spacial score (nSPS) is 13.2. The molecule has 4 aromatic rings. The first-order valence-electron chi connectivity index (χ1n) is 30.5. The van der Waals surface area contributed by atoms with E-state index in [9.17, 15) is 39.6 Å². The summed E-state index contributed by atoms with van der Waals surface area (Å²) in [6, 6.07) is 15.4. The fourth-order valence-electron chi connectivity index (χ4n) is 10.4. The van der Waals surface area contributed by atoms with Crippen LogP contribution >= 0.6 is 0 Å². The number of carbonyl (C=O) groups excluding carboxylic acids is 4. The Balaban J connectivity index is 1.76. The van der Waals surface area contributed by atoms with Gasteiger partial charge in [0.15, 0.2) is 11.4 Å². The van der Waals surface area contributed by atoms with Gasteiger partial charge in [0.05, 0.1) is 0 Å². The Kier molecular flexibility index (Phi) is 22.4. The molecule has 85 heavy (non-hydrogen) atoms. The van der Waals surface area contributed by atoms with Crippen molar-refractivity contribution in [1.82, 2.24) is 0 Å². The van der Waals surface area contributed by atoms with Crippen LogP contribution in [0.2, 0.25) is 0 Å². The van der Waals surface area contributed by atoms with Gasteiger partial charge in [0, 0.05) is 25.7 Å². The van der Waals surface area contributed by atoms with E-state index in [1.165, 1.54) is 0 Å². The average Bonchev–Trinajstić information content (AvgIpc) is 1.83. The molecule has 4 N–H and O–H groups in total. The van der Waals surface area contributed by atoms with Crippen molar-refractivity contribution >= 4 is 23.7 Å². The molecular formula is C73H108O12. The van der Waals surface area contributed by atoms with E-state index in [2.05, 4.69) is 0 Å². The summed E-state index contributed by atoms with van der Waals surface area (Å²) in [6.45, 7) is 46.4. The highest BCUT2D eigenvalue weighted by Gasteiger charge is 2.39. The third-order valence-corrected chi connectivity index (χ3v) is 15.7.